The van der Waals surface area contributed by atoms with E-state index in [4.69, 9.17) is 0 Å². The number of hydrogen-bond donors (Lipinski definition) is 1. The maximum Gasteiger partial charge on any atom is 1.00 e. The molecule has 0 spiro atoms. The Bertz CT molecular complexity index is 306. The van der Waals surface area contributed by atoms with Crippen molar-refractivity contribution < 1.29 is 47.6 Å². The van der Waals surface area contributed by atoms with Gasteiger partial charge >= 0.3 is 29.6 Å². The van der Waals surface area contributed by atoms with Crippen LogP contribution in [0.4, 0.5) is 0 Å². The zero-order valence-corrected chi connectivity index (χ0v) is 16.1. The molecule has 0 aliphatic rings. The van der Waals surface area contributed by atoms with Crippen molar-refractivity contribution in [2.24, 2.45) is 0 Å². The number of aliphatic hydroxyl groups excluding tert-OH is 1. The van der Waals surface area contributed by atoms with Crippen LogP contribution >= 0.6 is 0 Å². The summed E-state index contributed by atoms with van der Waals surface area (Å²) in [7, 11) is -4.23. The van der Waals surface area contributed by atoms with Crippen molar-refractivity contribution in [2.75, 3.05) is 0 Å². The second-order valence-corrected chi connectivity index (χ2v) is 6.99. The number of hydrogen-bond acceptors (Lipinski definition) is 4. The largest absolute Gasteiger partial charge is 1.00 e. The molecule has 0 bridgehead atoms. The second kappa shape index (κ2) is 13.5. The van der Waals surface area contributed by atoms with E-state index < -0.39 is 21.5 Å². The van der Waals surface area contributed by atoms with Crippen molar-refractivity contribution in [3.05, 3.63) is 0 Å². The van der Waals surface area contributed by atoms with E-state index in [2.05, 4.69) is 6.92 Å². The fourth-order valence-corrected chi connectivity index (χ4v) is 3.09. The summed E-state index contributed by atoms with van der Waals surface area (Å²) in [4.78, 5) is 0. The Kier molecular flexibility index (Phi) is 15.7. The SMILES string of the molecule is CCCCCC(O)CCC(CCCCC)S(=O)(=O)[O-].[Na+]. The molecule has 1 N–H and O–H groups in total. The third-order valence-corrected chi connectivity index (χ3v) is 4.79. The fourth-order valence-electron chi connectivity index (χ4n) is 2.21. The molecule has 2 atom stereocenters. The molecule has 20 heavy (non-hydrogen) atoms. The molecule has 0 heterocycles. The molecule has 0 fully saturated rings. The molecule has 0 aromatic heterocycles. The average molecular weight is 316 g/mol. The molecule has 0 rings (SSSR count). The van der Waals surface area contributed by atoms with Crippen molar-refractivity contribution in [3.63, 3.8) is 0 Å². The molecule has 4 nitrogen and oxygen atoms in total. The van der Waals surface area contributed by atoms with E-state index in [0.717, 1.165) is 38.5 Å². The Morgan fingerprint density at radius 2 is 1.40 bits per heavy atom. The number of unbranched alkanes of at least 4 members (excludes halogenated alkanes) is 4. The maximum absolute atomic E-state index is 11.2. The Hall–Kier alpha value is 0.870. The predicted molar refractivity (Wildman–Crippen MR) is 77.0 cm³/mol. The summed E-state index contributed by atoms with van der Waals surface area (Å²) in [6.45, 7) is 4.14. The normalized spacial score (nSPS) is 14.6. The van der Waals surface area contributed by atoms with Crippen LogP contribution in [0.2, 0.25) is 0 Å². The van der Waals surface area contributed by atoms with Gasteiger partial charge in [0.2, 0.25) is 0 Å². The third-order valence-electron chi connectivity index (χ3n) is 3.50. The Morgan fingerprint density at radius 1 is 0.900 bits per heavy atom. The first-order valence-electron chi connectivity index (χ1n) is 7.54. The topological polar surface area (TPSA) is 77.4 Å². The van der Waals surface area contributed by atoms with Crippen LogP contribution in [0.3, 0.4) is 0 Å². The van der Waals surface area contributed by atoms with E-state index in [1.807, 2.05) is 6.92 Å². The van der Waals surface area contributed by atoms with Gasteiger partial charge in [-0.25, -0.2) is 8.42 Å². The molecule has 0 aliphatic heterocycles. The van der Waals surface area contributed by atoms with Crippen LogP contribution in [0.5, 0.6) is 0 Å². The summed E-state index contributed by atoms with van der Waals surface area (Å²) in [5.74, 6) is 0. The van der Waals surface area contributed by atoms with Gasteiger partial charge < -0.3 is 9.66 Å². The molecule has 0 aromatic carbocycles. The minimum atomic E-state index is -4.23. The molecule has 2 unspecified atom stereocenters. The maximum atomic E-state index is 11.2. The number of rotatable bonds is 12. The van der Waals surface area contributed by atoms with Gasteiger partial charge in [-0.1, -0.05) is 52.4 Å². The van der Waals surface area contributed by atoms with Gasteiger partial charge in [0.1, 0.15) is 0 Å². The van der Waals surface area contributed by atoms with Gasteiger partial charge in [0.05, 0.1) is 16.2 Å². The summed E-state index contributed by atoms with van der Waals surface area (Å²) in [5.41, 5.74) is 0. The van der Waals surface area contributed by atoms with E-state index in [0.29, 0.717) is 25.7 Å². The molecule has 0 saturated carbocycles. The molecule has 0 aliphatic carbocycles. The zero-order chi connectivity index (χ0) is 14.7. The van der Waals surface area contributed by atoms with Crippen LogP contribution in [0, 0.1) is 0 Å². The second-order valence-electron chi connectivity index (χ2n) is 5.34. The molecule has 0 saturated heterocycles. The smallest absolute Gasteiger partial charge is 0.748 e. The van der Waals surface area contributed by atoms with Gasteiger partial charge in [-0.05, 0) is 25.7 Å². The van der Waals surface area contributed by atoms with Crippen LogP contribution in [-0.4, -0.2) is 29.4 Å². The summed E-state index contributed by atoms with van der Waals surface area (Å²) in [6.07, 6.45) is 7.24. The minimum Gasteiger partial charge on any atom is -0.748 e. The first kappa shape index (κ1) is 23.1. The van der Waals surface area contributed by atoms with Crippen LogP contribution in [0.15, 0.2) is 0 Å². The van der Waals surface area contributed by atoms with Gasteiger partial charge in [0, 0.05) is 5.25 Å². The summed E-state index contributed by atoms with van der Waals surface area (Å²) in [5, 5.41) is 8.95. The van der Waals surface area contributed by atoms with Crippen molar-refractivity contribution in [1.82, 2.24) is 0 Å². The predicted octanol–water partition coefficient (Wildman–Crippen LogP) is 0.206. The van der Waals surface area contributed by atoms with E-state index in [-0.39, 0.29) is 29.6 Å². The van der Waals surface area contributed by atoms with Crippen LogP contribution in [0.1, 0.15) is 78.1 Å². The third kappa shape index (κ3) is 12.6. The van der Waals surface area contributed by atoms with Gasteiger partial charge in [0.15, 0.2) is 0 Å². The number of aliphatic hydroxyl groups is 1. The monoisotopic (exact) mass is 316 g/mol. The summed E-state index contributed by atoms with van der Waals surface area (Å²) in [6, 6.07) is 0. The molecule has 6 heteroatoms. The fraction of sp³-hybridized carbons (Fsp3) is 1.00. The molecular formula is C14H29NaO4S. The minimum absolute atomic E-state index is 0. The standard InChI is InChI=1S/C14H30O4S.Na/c1-3-5-7-9-13(15)11-12-14(19(16,17)18)10-8-6-4-2;/h13-15H,3-12H2,1-2H3,(H,16,17,18);/q;+1/p-1. The molecule has 116 valence electrons. The van der Waals surface area contributed by atoms with Crippen molar-refractivity contribution in [2.45, 2.75) is 89.4 Å². The van der Waals surface area contributed by atoms with Crippen LogP contribution < -0.4 is 29.6 Å². The Labute approximate surface area is 146 Å². The van der Waals surface area contributed by atoms with E-state index in [1.165, 1.54) is 0 Å². The molecule has 0 amide bonds. The first-order chi connectivity index (χ1) is 8.91. The zero-order valence-electron chi connectivity index (χ0n) is 13.3. The quantitative estimate of drug-likeness (QED) is 0.317. The van der Waals surface area contributed by atoms with E-state index in [1.54, 1.807) is 0 Å². The molecular weight excluding hydrogens is 287 g/mol. The van der Waals surface area contributed by atoms with Crippen molar-refractivity contribution in [1.29, 1.82) is 0 Å². The molecule has 0 aromatic rings. The van der Waals surface area contributed by atoms with E-state index in [9.17, 15) is 18.1 Å². The Morgan fingerprint density at radius 3 is 1.85 bits per heavy atom. The summed E-state index contributed by atoms with van der Waals surface area (Å²) >= 11 is 0. The first-order valence-corrected chi connectivity index (χ1v) is 9.01. The molecule has 0 radical (unpaired) electrons. The van der Waals surface area contributed by atoms with Crippen LogP contribution in [0.25, 0.3) is 0 Å². The summed E-state index contributed by atoms with van der Waals surface area (Å²) < 4.78 is 33.5. The van der Waals surface area contributed by atoms with Gasteiger partial charge in [-0.15, -0.1) is 0 Å². The van der Waals surface area contributed by atoms with Crippen LogP contribution in [-0.2, 0) is 10.1 Å². The van der Waals surface area contributed by atoms with Gasteiger partial charge in [-0.3, -0.25) is 0 Å². The van der Waals surface area contributed by atoms with Crippen molar-refractivity contribution >= 4 is 10.1 Å². The van der Waals surface area contributed by atoms with Crippen molar-refractivity contribution in [3.8, 4) is 0 Å². The van der Waals surface area contributed by atoms with Gasteiger partial charge in [-0.2, -0.15) is 0 Å². The van der Waals surface area contributed by atoms with Gasteiger partial charge in [0.25, 0.3) is 0 Å². The Balaban J connectivity index is 0. The van der Waals surface area contributed by atoms with E-state index >= 15 is 0 Å². The average Bonchev–Trinajstić information content (AvgIpc) is 2.32.